The highest BCUT2D eigenvalue weighted by Gasteiger charge is 2.21. The molecule has 2 heterocycles. The Morgan fingerprint density at radius 2 is 2.35 bits per heavy atom. The molecular formula is C13H12N4O2S. The van der Waals surface area contributed by atoms with Gasteiger partial charge in [0.2, 0.25) is 0 Å². The smallest absolute Gasteiger partial charge is 0.321 e. The van der Waals surface area contributed by atoms with Crippen molar-refractivity contribution in [1.29, 1.82) is 0 Å². The zero-order valence-corrected chi connectivity index (χ0v) is 11.3. The molecule has 0 bridgehead atoms. The standard InChI is InChI=1S/C13H12N4O2S/c18-12(11-7-20-8-15-11)16-9-2-1-3-10(6-9)17-5-4-14-13(17)19/h1-3,6-8H,4-5H2,(H,14,19)(H,16,18). The third-order valence-electron chi connectivity index (χ3n) is 2.94. The second-order valence-corrected chi connectivity index (χ2v) is 4.98. The van der Waals surface area contributed by atoms with Gasteiger partial charge in [-0.05, 0) is 18.2 Å². The highest BCUT2D eigenvalue weighted by atomic mass is 32.1. The van der Waals surface area contributed by atoms with Gasteiger partial charge < -0.3 is 10.6 Å². The van der Waals surface area contributed by atoms with Crippen LogP contribution in [0.1, 0.15) is 10.5 Å². The Balaban J connectivity index is 1.78. The summed E-state index contributed by atoms with van der Waals surface area (Å²) in [5.41, 5.74) is 3.40. The SMILES string of the molecule is O=C(Nc1cccc(N2CCNC2=O)c1)c1cscn1. The third kappa shape index (κ3) is 2.48. The van der Waals surface area contributed by atoms with Crippen LogP contribution in [0.2, 0.25) is 0 Å². The summed E-state index contributed by atoms with van der Waals surface area (Å²) in [6.45, 7) is 1.26. The van der Waals surface area contributed by atoms with E-state index in [-0.39, 0.29) is 11.9 Å². The molecule has 1 aromatic heterocycles. The van der Waals surface area contributed by atoms with Crippen LogP contribution < -0.4 is 15.5 Å². The van der Waals surface area contributed by atoms with Crippen molar-refractivity contribution in [3.8, 4) is 0 Å². The fourth-order valence-corrected chi connectivity index (χ4v) is 2.52. The lowest BCUT2D eigenvalue weighted by atomic mass is 10.2. The molecule has 0 unspecified atom stereocenters. The Bertz CT molecular complexity index is 642. The number of benzene rings is 1. The maximum atomic E-state index is 11.9. The number of aromatic nitrogens is 1. The first-order chi connectivity index (χ1) is 9.74. The molecule has 7 heteroatoms. The van der Waals surface area contributed by atoms with Crippen LogP contribution in [0.4, 0.5) is 16.2 Å². The zero-order valence-electron chi connectivity index (χ0n) is 10.5. The van der Waals surface area contributed by atoms with Gasteiger partial charge in [0.1, 0.15) is 5.69 Å². The lowest BCUT2D eigenvalue weighted by Crippen LogP contribution is -2.27. The molecule has 2 N–H and O–H groups in total. The fourth-order valence-electron chi connectivity index (χ4n) is 1.99. The van der Waals surface area contributed by atoms with Crippen molar-refractivity contribution >= 4 is 34.6 Å². The van der Waals surface area contributed by atoms with Crippen molar-refractivity contribution in [2.24, 2.45) is 0 Å². The molecule has 1 aromatic carbocycles. The lowest BCUT2D eigenvalue weighted by molar-refractivity contribution is 0.102. The molecule has 6 nitrogen and oxygen atoms in total. The first kappa shape index (κ1) is 12.6. The second kappa shape index (κ2) is 5.30. The molecule has 1 fully saturated rings. The van der Waals surface area contributed by atoms with E-state index in [1.54, 1.807) is 34.0 Å². The average Bonchev–Trinajstić information content (AvgIpc) is 3.10. The Morgan fingerprint density at radius 1 is 1.45 bits per heavy atom. The molecule has 1 aliphatic rings. The highest BCUT2D eigenvalue weighted by Crippen LogP contribution is 2.21. The van der Waals surface area contributed by atoms with Crippen LogP contribution in [0.5, 0.6) is 0 Å². The van der Waals surface area contributed by atoms with Crippen LogP contribution in [0.15, 0.2) is 35.2 Å². The maximum absolute atomic E-state index is 11.9. The van der Waals surface area contributed by atoms with E-state index >= 15 is 0 Å². The molecule has 20 heavy (non-hydrogen) atoms. The Hall–Kier alpha value is -2.41. The van der Waals surface area contributed by atoms with E-state index in [2.05, 4.69) is 15.6 Å². The fraction of sp³-hybridized carbons (Fsp3) is 0.154. The molecule has 3 rings (SSSR count). The summed E-state index contributed by atoms with van der Waals surface area (Å²) >= 11 is 1.37. The van der Waals surface area contributed by atoms with E-state index in [1.807, 2.05) is 6.07 Å². The van der Waals surface area contributed by atoms with Crippen LogP contribution in [0.3, 0.4) is 0 Å². The van der Waals surface area contributed by atoms with Gasteiger partial charge in [-0.3, -0.25) is 9.69 Å². The van der Waals surface area contributed by atoms with E-state index < -0.39 is 0 Å². The molecule has 1 saturated heterocycles. The minimum Gasteiger partial charge on any atom is -0.336 e. The number of carbonyl (C=O) groups is 2. The van der Waals surface area contributed by atoms with Crippen molar-refractivity contribution in [3.63, 3.8) is 0 Å². The van der Waals surface area contributed by atoms with E-state index in [1.165, 1.54) is 11.3 Å². The first-order valence-corrected chi connectivity index (χ1v) is 7.03. The molecule has 102 valence electrons. The van der Waals surface area contributed by atoms with Crippen LogP contribution in [0, 0.1) is 0 Å². The van der Waals surface area contributed by atoms with Crippen molar-refractivity contribution in [3.05, 3.63) is 40.8 Å². The van der Waals surface area contributed by atoms with Crippen molar-refractivity contribution in [2.75, 3.05) is 23.3 Å². The van der Waals surface area contributed by atoms with Crippen molar-refractivity contribution in [1.82, 2.24) is 10.3 Å². The number of thiazole rings is 1. The second-order valence-electron chi connectivity index (χ2n) is 4.26. The Morgan fingerprint density at radius 3 is 3.05 bits per heavy atom. The van der Waals surface area contributed by atoms with Crippen molar-refractivity contribution in [2.45, 2.75) is 0 Å². The molecular weight excluding hydrogens is 276 g/mol. The number of urea groups is 1. The van der Waals surface area contributed by atoms with E-state index in [9.17, 15) is 9.59 Å². The number of hydrogen-bond acceptors (Lipinski definition) is 4. The van der Waals surface area contributed by atoms with Gasteiger partial charge in [-0.25, -0.2) is 9.78 Å². The zero-order chi connectivity index (χ0) is 13.9. The number of nitrogens with zero attached hydrogens (tertiary/aromatic N) is 2. The van der Waals surface area contributed by atoms with Gasteiger partial charge in [-0.2, -0.15) is 0 Å². The number of nitrogens with one attached hydrogen (secondary N) is 2. The van der Waals surface area contributed by atoms with Gasteiger partial charge in [0.05, 0.1) is 5.51 Å². The minimum absolute atomic E-state index is 0.118. The van der Waals surface area contributed by atoms with Gasteiger partial charge in [0, 0.05) is 29.8 Å². The highest BCUT2D eigenvalue weighted by molar-refractivity contribution is 7.07. The van der Waals surface area contributed by atoms with Crippen LogP contribution in [-0.4, -0.2) is 30.0 Å². The number of anilines is 2. The average molecular weight is 288 g/mol. The van der Waals surface area contributed by atoms with E-state index in [4.69, 9.17) is 0 Å². The summed E-state index contributed by atoms with van der Waals surface area (Å²) in [6.07, 6.45) is 0. The van der Waals surface area contributed by atoms with Gasteiger partial charge in [0.15, 0.2) is 0 Å². The van der Waals surface area contributed by atoms with Crippen molar-refractivity contribution < 1.29 is 9.59 Å². The molecule has 0 atom stereocenters. The van der Waals surface area contributed by atoms with Gasteiger partial charge >= 0.3 is 6.03 Å². The molecule has 3 amide bonds. The monoisotopic (exact) mass is 288 g/mol. The van der Waals surface area contributed by atoms with Crippen LogP contribution in [0.25, 0.3) is 0 Å². The summed E-state index contributed by atoms with van der Waals surface area (Å²) < 4.78 is 0. The Kier molecular flexibility index (Phi) is 3.34. The number of hydrogen-bond donors (Lipinski definition) is 2. The summed E-state index contributed by atoms with van der Waals surface area (Å²) in [5, 5.41) is 7.20. The summed E-state index contributed by atoms with van der Waals surface area (Å²) in [5.74, 6) is -0.255. The summed E-state index contributed by atoms with van der Waals surface area (Å²) in [4.78, 5) is 29.1. The molecule has 1 aliphatic heterocycles. The number of amides is 3. The minimum atomic E-state index is -0.255. The molecule has 0 aliphatic carbocycles. The topological polar surface area (TPSA) is 74.3 Å². The van der Waals surface area contributed by atoms with Gasteiger partial charge in [-0.1, -0.05) is 6.07 Å². The predicted octanol–water partition coefficient (Wildman–Crippen LogP) is 1.93. The Labute approximate surface area is 119 Å². The largest absolute Gasteiger partial charge is 0.336 e. The normalized spacial score (nSPS) is 14.2. The number of carbonyl (C=O) groups excluding carboxylic acids is 2. The quantitative estimate of drug-likeness (QED) is 0.906. The summed E-state index contributed by atoms with van der Waals surface area (Å²) in [6, 6.07) is 7.07. The van der Waals surface area contributed by atoms with Crippen LogP contribution >= 0.6 is 11.3 Å². The van der Waals surface area contributed by atoms with Crippen LogP contribution in [-0.2, 0) is 0 Å². The van der Waals surface area contributed by atoms with E-state index in [0.29, 0.717) is 24.5 Å². The third-order valence-corrected chi connectivity index (χ3v) is 3.52. The lowest BCUT2D eigenvalue weighted by Gasteiger charge is -2.15. The molecule has 0 radical (unpaired) electrons. The maximum Gasteiger partial charge on any atom is 0.321 e. The number of rotatable bonds is 3. The first-order valence-electron chi connectivity index (χ1n) is 6.09. The van der Waals surface area contributed by atoms with Gasteiger partial charge in [0.25, 0.3) is 5.91 Å². The molecule has 0 spiro atoms. The van der Waals surface area contributed by atoms with Gasteiger partial charge in [-0.15, -0.1) is 11.3 Å². The van der Waals surface area contributed by atoms with E-state index in [0.717, 1.165) is 5.69 Å². The molecule has 0 saturated carbocycles. The predicted molar refractivity (Wildman–Crippen MR) is 77.3 cm³/mol. The summed E-state index contributed by atoms with van der Waals surface area (Å²) in [7, 11) is 0. The molecule has 2 aromatic rings.